The summed E-state index contributed by atoms with van der Waals surface area (Å²) in [6, 6.07) is 8.12. The summed E-state index contributed by atoms with van der Waals surface area (Å²) in [4.78, 5) is 16.3. The molecule has 0 aliphatic heterocycles. The highest BCUT2D eigenvalue weighted by molar-refractivity contribution is 7.99. The molecule has 1 aromatic carbocycles. The van der Waals surface area contributed by atoms with E-state index < -0.39 is 0 Å². The number of rotatable bonds is 7. The minimum absolute atomic E-state index is 0.0716. The maximum atomic E-state index is 11.7. The molecule has 0 unspecified atom stereocenters. The summed E-state index contributed by atoms with van der Waals surface area (Å²) < 4.78 is 2.17. The molecular weight excluding hydrogens is 322 g/mol. The van der Waals surface area contributed by atoms with Crippen molar-refractivity contribution in [3.63, 3.8) is 0 Å². The van der Waals surface area contributed by atoms with Gasteiger partial charge in [0, 0.05) is 18.5 Å². The number of thioether (sulfide) groups is 1. The SMILES string of the molecule is C=CCNC(=O)CSc1nnc2c3ccccc3n(CCC)c2n1. The van der Waals surface area contributed by atoms with Crippen LogP contribution in [0, 0.1) is 0 Å². The lowest BCUT2D eigenvalue weighted by atomic mass is 10.2. The quantitative estimate of drug-likeness (QED) is 0.528. The van der Waals surface area contributed by atoms with Crippen LogP contribution in [0.5, 0.6) is 0 Å². The van der Waals surface area contributed by atoms with Crippen LogP contribution in [0.1, 0.15) is 13.3 Å². The summed E-state index contributed by atoms with van der Waals surface area (Å²) in [6.45, 7) is 7.04. The zero-order chi connectivity index (χ0) is 16.9. The maximum Gasteiger partial charge on any atom is 0.230 e. The third kappa shape index (κ3) is 3.26. The Hall–Kier alpha value is -2.41. The van der Waals surface area contributed by atoms with E-state index in [1.165, 1.54) is 11.8 Å². The topological polar surface area (TPSA) is 72.7 Å². The number of nitrogens with zero attached hydrogens (tertiary/aromatic N) is 4. The molecule has 0 spiro atoms. The van der Waals surface area contributed by atoms with E-state index in [1.54, 1.807) is 6.08 Å². The van der Waals surface area contributed by atoms with Gasteiger partial charge in [-0.2, -0.15) is 0 Å². The fourth-order valence-electron chi connectivity index (χ4n) is 2.57. The molecule has 0 fully saturated rings. The molecule has 6 nitrogen and oxygen atoms in total. The monoisotopic (exact) mass is 341 g/mol. The molecule has 1 amide bonds. The van der Waals surface area contributed by atoms with Crippen molar-refractivity contribution < 1.29 is 4.79 Å². The highest BCUT2D eigenvalue weighted by Crippen LogP contribution is 2.27. The second-order valence-corrected chi connectivity index (χ2v) is 6.26. The maximum absolute atomic E-state index is 11.7. The fraction of sp³-hybridized carbons (Fsp3) is 0.294. The van der Waals surface area contributed by atoms with E-state index in [0.29, 0.717) is 11.7 Å². The van der Waals surface area contributed by atoms with Crippen LogP contribution < -0.4 is 5.32 Å². The van der Waals surface area contributed by atoms with Gasteiger partial charge in [-0.05, 0) is 12.5 Å². The van der Waals surface area contributed by atoms with Crippen LogP contribution in [0.25, 0.3) is 22.1 Å². The number of amides is 1. The minimum Gasteiger partial charge on any atom is -0.352 e. The zero-order valence-electron chi connectivity index (χ0n) is 13.5. The number of benzene rings is 1. The molecule has 3 aromatic rings. The summed E-state index contributed by atoms with van der Waals surface area (Å²) in [5, 5.41) is 12.8. The molecular formula is C17H19N5OS. The van der Waals surface area contributed by atoms with Gasteiger partial charge in [0.05, 0.1) is 11.3 Å². The second kappa shape index (κ2) is 7.44. The third-order valence-electron chi connectivity index (χ3n) is 3.58. The van der Waals surface area contributed by atoms with E-state index in [1.807, 2.05) is 18.2 Å². The zero-order valence-corrected chi connectivity index (χ0v) is 14.3. The molecule has 0 saturated carbocycles. The van der Waals surface area contributed by atoms with E-state index in [4.69, 9.17) is 0 Å². The molecule has 0 radical (unpaired) electrons. The first kappa shape index (κ1) is 16.4. The number of hydrogen-bond donors (Lipinski definition) is 1. The first-order valence-electron chi connectivity index (χ1n) is 7.86. The summed E-state index contributed by atoms with van der Waals surface area (Å²) in [5.74, 6) is 0.187. The smallest absolute Gasteiger partial charge is 0.230 e. The number of carbonyl (C=O) groups excluding carboxylic acids is 1. The Kier molecular flexibility index (Phi) is 5.10. The molecule has 3 rings (SSSR count). The van der Waals surface area contributed by atoms with Gasteiger partial charge in [-0.1, -0.05) is 43.0 Å². The molecule has 124 valence electrons. The van der Waals surface area contributed by atoms with Gasteiger partial charge in [-0.25, -0.2) is 4.98 Å². The predicted molar refractivity (Wildman–Crippen MR) is 97.1 cm³/mol. The van der Waals surface area contributed by atoms with Gasteiger partial charge in [-0.3, -0.25) is 4.79 Å². The third-order valence-corrected chi connectivity index (χ3v) is 4.42. The van der Waals surface area contributed by atoms with Gasteiger partial charge in [-0.15, -0.1) is 16.8 Å². The van der Waals surface area contributed by atoms with E-state index in [2.05, 4.69) is 44.6 Å². The summed E-state index contributed by atoms with van der Waals surface area (Å²) in [6.07, 6.45) is 2.65. The van der Waals surface area contributed by atoms with Gasteiger partial charge < -0.3 is 9.88 Å². The van der Waals surface area contributed by atoms with Crippen LogP contribution >= 0.6 is 11.8 Å². The second-order valence-electron chi connectivity index (χ2n) is 5.32. The molecule has 0 atom stereocenters. The van der Waals surface area contributed by atoms with Crippen LogP contribution in [0.2, 0.25) is 0 Å². The van der Waals surface area contributed by atoms with Gasteiger partial charge in [0.2, 0.25) is 11.1 Å². The molecule has 0 aliphatic carbocycles. The number of fused-ring (bicyclic) bond motifs is 3. The molecule has 0 saturated heterocycles. The van der Waals surface area contributed by atoms with E-state index >= 15 is 0 Å². The number of aromatic nitrogens is 4. The highest BCUT2D eigenvalue weighted by Gasteiger charge is 2.14. The highest BCUT2D eigenvalue weighted by atomic mass is 32.2. The molecule has 1 N–H and O–H groups in total. The van der Waals surface area contributed by atoms with Crippen molar-refractivity contribution in [2.45, 2.75) is 25.0 Å². The van der Waals surface area contributed by atoms with Crippen LogP contribution in [-0.4, -0.2) is 38.0 Å². The van der Waals surface area contributed by atoms with E-state index in [-0.39, 0.29) is 11.7 Å². The van der Waals surface area contributed by atoms with Crippen molar-refractivity contribution in [2.24, 2.45) is 0 Å². The van der Waals surface area contributed by atoms with Crippen molar-refractivity contribution in [1.29, 1.82) is 0 Å². The van der Waals surface area contributed by atoms with Crippen molar-refractivity contribution >= 4 is 39.7 Å². The molecule has 2 aromatic heterocycles. The number of carbonyl (C=O) groups is 1. The van der Waals surface area contributed by atoms with Crippen LogP contribution in [0.15, 0.2) is 42.1 Å². The first-order valence-corrected chi connectivity index (χ1v) is 8.85. The van der Waals surface area contributed by atoms with Gasteiger partial charge >= 0.3 is 0 Å². The summed E-state index contributed by atoms with van der Waals surface area (Å²) >= 11 is 1.29. The predicted octanol–water partition coefficient (Wildman–Crippen LogP) is 2.78. The summed E-state index contributed by atoms with van der Waals surface area (Å²) in [7, 11) is 0. The average molecular weight is 341 g/mol. The lowest BCUT2D eigenvalue weighted by molar-refractivity contribution is -0.118. The Balaban J connectivity index is 1.92. The van der Waals surface area contributed by atoms with Crippen LogP contribution in [0.4, 0.5) is 0 Å². The number of hydrogen-bond acceptors (Lipinski definition) is 5. The van der Waals surface area contributed by atoms with Crippen molar-refractivity contribution in [2.75, 3.05) is 12.3 Å². The average Bonchev–Trinajstić information content (AvgIpc) is 2.92. The number of para-hydroxylation sites is 1. The Morgan fingerprint density at radius 2 is 2.21 bits per heavy atom. The van der Waals surface area contributed by atoms with E-state index in [9.17, 15) is 4.79 Å². The molecule has 2 heterocycles. The molecule has 7 heteroatoms. The number of aryl methyl sites for hydroxylation is 1. The molecule has 0 bridgehead atoms. The van der Waals surface area contributed by atoms with Crippen LogP contribution in [0.3, 0.4) is 0 Å². The Bertz CT molecular complexity index is 889. The Morgan fingerprint density at radius 1 is 1.38 bits per heavy atom. The van der Waals surface area contributed by atoms with E-state index in [0.717, 1.165) is 35.0 Å². The van der Waals surface area contributed by atoms with Gasteiger partial charge in [0.1, 0.15) is 5.52 Å². The van der Waals surface area contributed by atoms with Crippen molar-refractivity contribution in [3.8, 4) is 0 Å². The lowest BCUT2D eigenvalue weighted by Crippen LogP contribution is -2.25. The number of nitrogens with one attached hydrogen (secondary N) is 1. The molecule has 24 heavy (non-hydrogen) atoms. The van der Waals surface area contributed by atoms with Crippen molar-refractivity contribution in [1.82, 2.24) is 25.1 Å². The Labute approximate surface area is 144 Å². The lowest BCUT2D eigenvalue weighted by Gasteiger charge is -2.05. The Morgan fingerprint density at radius 3 is 3.00 bits per heavy atom. The van der Waals surface area contributed by atoms with Crippen molar-refractivity contribution in [3.05, 3.63) is 36.9 Å². The minimum atomic E-state index is -0.0716. The first-order chi connectivity index (χ1) is 11.7. The standard InChI is InChI=1S/C17H19N5OS/c1-3-9-18-14(23)11-24-17-19-16-15(20-21-17)12-7-5-6-8-13(12)22(16)10-4-2/h3,5-8H,1,4,9-11H2,2H3,(H,18,23). The van der Waals surface area contributed by atoms with Gasteiger partial charge in [0.25, 0.3) is 0 Å². The largest absolute Gasteiger partial charge is 0.352 e. The van der Waals surface area contributed by atoms with Crippen LogP contribution in [-0.2, 0) is 11.3 Å². The normalized spacial score (nSPS) is 11.0. The fourth-order valence-corrected chi connectivity index (χ4v) is 3.18. The molecule has 0 aliphatic rings. The summed E-state index contributed by atoms with van der Waals surface area (Å²) in [5.41, 5.74) is 2.74. The van der Waals surface area contributed by atoms with Gasteiger partial charge in [0.15, 0.2) is 5.65 Å².